The molecule has 0 aliphatic carbocycles. The van der Waals surface area contributed by atoms with E-state index in [1.54, 1.807) is 35.8 Å². The fraction of sp³-hybridized carbons (Fsp3) is 0.375. The predicted octanol–water partition coefficient (Wildman–Crippen LogP) is 4.31. The SMILES string of the molecule is CCN(CC)CCCn1c(SCC(=O)Nc2ccc(C)c(F)c2)nc2ccccc2c1=O. The lowest BCUT2D eigenvalue weighted by Crippen LogP contribution is -2.28. The maximum Gasteiger partial charge on any atom is 0.262 e. The summed E-state index contributed by atoms with van der Waals surface area (Å²) in [4.78, 5) is 32.5. The number of anilines is 1. The van der Waals surface area contributed by atoms with E-state index in [9.17, 15) is 14.0 Å². The lowest BCUT2D eigenvalue weighted by Gasteiger charge is -2.19. The molecule has 0 aliphatic rings. The highest BCUT2D eigenvalue weighted by Crippen LogP contribution is 2.19. The van der Waals surface area contributed by atoms with Crippen LogP contribution in [0, 0.1) is 12.7 Å². The molecule has 0 fully saturated rings. The largest absolute Gasteiger partial charge is 0.325 e. The number of aromatic nitrogens is 2. The Morgan fingerprint density at radius 1 is 1.19 bits per heavy atom. The molecule has 3 aromatic rings. The molecule has 0 atom stereocenters. The molecule has 0 saturated heterocycles. The third-order valence-electron chi connectivity index (χ3n) is 5.37. The number of rotatable bonds is 10. The highest BCUT2D eigenvalue weighted by molar-refractivity contribution is 7.99. The van der Waals surface area contributed by atoms with Gasteiger partial charge in [0.05, 0.1) is 16.7 Å². The lowest BCUT2D eigenvalue weighted by atomic mass is 10.2. The Bertz CT molecular complexity index is 1140. The molecule has 0 radical (unpaired) electrons. The monoisotopic (exact) mass is 456 g/mol. The van der Waals surface area contributed by atoms with Crippen LogP contribution in [0.25, 0.3) is 10.9 Å². The van der Waals surface area contributed by atoms with Crippen molar-refractivity contribution in [1.29, 1.82) is 0 Å². The summed E-state index contributed by atoms with van der Waals surface area (Å²) in [5, 5.41) is 3.78. The predicted molar refractivity (Wildman–Crippen MR) is 129 cm³/mol. The van der Waals surface area contributed by atoms with Crippen LogP contribution in [-0.4, -0.2) is 45.7 Å². The number of fused-ring (bicyclic) bond motifs is 1. The molecule has 1 amide bonds. The van der Waals surface area contributed by atoms with Gasteiger partial charge in [0.25, 0.3) is 5.56 Å². The molecule has 1 heterocycles. The maximum atomic E-state index is 13.7. The number of para-hydroxylation sites is 1. The molecular formula is C24H29FN4O2S. The fourth-order valence-electron chi connectivity index (χ4n) is 3.45. The number of hydrogen-bond acceptors (Lipinski definition) is 5. The first kappa shape index (κ1) is 23.9. The van der Waals surface area contributed by atoms with E-state index in [1.807, 2.05) is 12.1 Å². The van der Waals surface area contributed by atoms with Crippen molar-refractivity contribution in [3.63, 3.8) is 0 Å². The first-order valence-corrected chi connectivity index (χ1v) is 11.8. The number of carbonyl (C=O) groups excluding carboxylic acids is 1. The molecule has 2 aromatic carbocycles. The van der Waals surface area contributed by atoms with Gasteiger partial charge in [-0.1, -0.05) is 43.8 Å². The third kappa shape index (κ3) is 5.95. The number of nitrogens with one attached hydrogen (secondary N) is 1. The van der Waals surface area contributed by atoms with Crippen molar-refractivity contribution < 1.29 is 9.18 Å². The molecule has 1 aromatic heterocycles. The summed E-state index contributed by atoms with van der Waals surface area (Å²) < 4.78 is 15.4. The highest BCUT2D eigenvalue weighted by Gasteiger charge is 2.14. The molecule has 0 unspecified atom stereocenters. The zero-order chi connectivity index (χ0) is 23.1. The first-order valence-electron chi connectivity index (χ1n) is 10.8. The smallest absolute Gasteiger partial charge is 0.262 e. The molecule has 6 nitrogen and oxygen atoms in total. The summed E-state index contributed by atoms with van der Waals surface area (Å²) >= 11 is 1.21. The number of amides is 1. The van der Waals surface area contributed by atoms with Crippen molar-refractivity contribution in [3.8, 4) is 0 Å². The van der Waals surface area contributed by atoms with Gasteiger partial charge in [0.1, 0.15) is 5.82 Å². The zero-order valence-electron chi connectivity index (χ0n) is 18.7. The van der Waals surface area contributed by atoms with Gasteiger partial charge in [0, 0.05) is 12.2 Å². The Labute approximate surface area is 191 Å². The van der Waals surface area contributed by atoms with Gasteiger partial charge < -0.3 is 10.2 Å². The van der Waals surface area contributed by atoms with E-state index in [0.29, 0.717) is 33.9 Å². The molecule has 3 rings (SSSR count). The van der Waals surface area contributed by atoms with Crippen LogP contribution in [0.15, 0.2) is 52.4 Å². The minimum atomic E-state index is -0.367. The fourth-order valence-corrected chi connectivity index (χ4v) is 4.27. The highest BCUT2D eigenvalue weighted by atomic mass is 32.2. The Morgan fingerprint density at radius 2 is 1.94 bits per heavy atom. The second kappa shape index (κ2) is 11.2. The summed E-state index contributed by atoms with van der Waals surface area (Å²) in [6.07, 6.45) is 0.810. The van der Waals surface area contributed by atoms with E-state index in [4.69, 9.17) is 0 Å². The van der Waals surface area contributed by atoms with Crippen LogP contribution in [0.3, 0.4) is 0 Å². The lowest BCUT2D eigenvalue weighted by molar-refractivity contribution is -0.113. The summed E-state index contributed by atoms with van der Waals surface area (Å²) in [6.45, 7) is 9.24. The average Bonchev–Trinajstić information content (AvgIpc) is 2.79. The van der Waals surface area contributed by atoms with Gasteiger partial charge in [-0.3, -0.25) is 14.2 Å². The summed E-state index contributed by atoms with van der Waals surface area (Å²) in [7, 11) is 0. The number of halogens is 1. The topological polar surface area (TPSA) is 67.2 Å². The van der Waals surface area contributed by atoms with Crippen molar-refractivity contribution in [2.24, 2.45) is 0 Å². The molecule has 0 spiro atoms. The van der Waals surface area contributed by atoms with Gasteiger partial charge in [-0.05, 0) is 62.8 Å². The summed E-state index contributed by atoms with van der Waals surface area (Å²) in [6, 6.07) is 11.8. The van der Waals surface area contributed by atoms with E-state index in [2.05, 4.69) is 29.0 Å². The Kier molecular flexibility index (Phi) is 8.41. The molecule has 0 aliphatic heterocycles. The van der Waals surface area contributed by atoms with Crippen molar-refractivity contribution in [1.82, 2.24) is 14.5 Å². The van der Waals surface area contributed by atoms with Gasteiger partial charge >= 0.3 is 0 Å². The Morgan fingerprint density at radius 3 is 2.66 bits per heavy atom. The van der Waals surface area contributed by atoms with Crippen LogP contribution in [0.2, 0.25) is 0 Å². The van der Waals surface area contributed by atoms with E-state index >= 15 is 0 Å². The van der Waals surface area contributed by atoms with Crippen LogP contribution < -0.4 is 10.9 Å². The first-order chi connectivity index (χ1) is 15.4. The van der Waals surface area contributed by atoms with Crippen molar-refractivity contribution >= 4 is 34.3 Å². The molecule has 1 N–H and O–H groups in total. The van der Waals surface area contributed by atoms with E-state index in [-0.39, 0.29) is 23.0 Å². The number of benzene rings is 2. The molecule has 0 saturated carbocycles. The molecule has 32 heavy (non-hydrogen) atoms. The van der Waals surface area contributed by atoms with Gasteiger partial charge in [-0.25, -0.2) is 9.37 Å². The second-order valence-electron chi connectivity index (χ2n) is 7.55. The van der Waals surface area contributed by atoms with Crippen LogP contribution in [0.5, 0.6) is 0 Å². The van der Waals surface area contributed by atoms with Crippen LogP contribution in [0.1, 0.15) is 25.8 Å². The number of aryl methyl sites for hydroxylation is 1. The van der Waals surface area contributed by atoms with Gasteiger partial charge in [0.2, 0.25) is 5.91 Å². The quantitative estimate of drug-likeness (QED) is 0.364. The van der Waals surface area contributed by atoms with Gasteiger partial charge in [0.15, 0.2) is 5.16 Å². The normalized spacial score (nSPS) is 11.3. The van der Waals surface area contributed by atoms with Crippen molar-refractivity contribution in [2.75, 3.05) is 30.7 Å². The van der Waals surface area contributed by atoms with Gasteiger partial charge in [-0.15, -0.1) is 0 Å². The maximum absolute atomic E-state index is 13.7. The van der Waals surface area contributed by atoms with Gasteiger partial charge in [-0.2, -0.15) is 0 Å². The molecule has 8 heteroatoms. The summed E-state index contributed by atoms with van der Waals surface area (Å²) in [5.74, 6) is -0.583. The zero-order valence-corrected chi connectivity index (χ0v) is 19.5. The minimum absolute atomic E-state index is 0.0658. The second-order valence-corrected chi connectivity index (χ2v) is 8.49. The third-order valence-corrected chi connectivity index (χ3v) is 6.34. The van der Waals surface area contributed by atoms with Crippen molar-refractivity contribution in [3.05, 3.63) is 64.2 Å². The number of carbonyl (C=O) groups is 1. The van der Waals surface area contributed by atoms with Crippen molar-refractivity contribution in [2.45, 2.75) is 38.9 Å². The number of nitrogens with zero attached hydrogens (tertiary/aromatic N) is 3. The van der Waals surface area contributed by atoms with Crippen LogP contribution in [0.4, 0.5) is 10.1 Å². The number of hydrogen-bond donors (Lipinski definition) is 1. The van der Waals surface area contributed by atoms with Crippen LogP contribution >= 0.6 is 11.8 Å². The molecule has 0 bridgehead atoms. The van der Waals surface area contributed by atoms with Crippen LogP contribution in [-0.2, 0) is 11.3 Å². The Hall–Kier alpha value is -2.71. The molecule has 170 valence electrons. The molecular weight excluding hydrogens is 427 g/mol. The van der Waals surface area contributed by atoms with E-state index in [0.717, 1.165) is 26.1 Å². The van der Waals surface area contributed by atoms with E-state index in [1.165, 1.54) is 17.8 Å². The number of thioether (sulfide) groups is 1. The standard InChI is InChI=1S/C24H29FN4O2S/c1-4-28(5-2)13-8-14-29-23(31)19-9-6-7-10-21(19)27-24(29)32-16-22(30)26-18-12-11-17(3)20(25)15-18/h6-7,9-12,15H,4-5,8,13-14,16H2,1-3H3,(H,26,30). The average molecular weight is 457 g/mol. The summed E-state index contributed by atoms with van der Waals surface area (Å²) in [5.41, 5.74) is 1.44. The van der Waals surface area contributed by atoms with E-state index < -0.39 is 0 Å². The minimum Gasteiger partial charge on any atom is -0.325 e. The Balaban J connectivity index is 1.76.